The van der Waals surface area contributed by atoms with Gasteiger partial charge in [0.15, 0.2) is 18.1 Å². The monoisotopic (exact) mass is 413 g/mol. The summed E-state index contributed by atoms with van der Waals surface area (Å²) in [4.78, 5) is 24.4. The van der Waals surface area contributed by atoms with Gasteiger partial charge in [0.2, 0.25) is 5.78 Å². The largest absolute Gasteiger partial charge is 0.493 e. The number of Topliss-reactive ketones (excluding diaryl/α,β-unsaturated/α-hetero) is 1. The molecule has 0 radical (unpaired) electrons. The third kappa shape index (κ3) is 4.65. The van der Waals surface area contributed by atoms with Crippen molar-refractivity contribution in [1.82, 2.24) is 5.16 Å². The summed E-state index contributed by atoms with van der Waals surface area (Å²) in [5, 5.41) is 3.87. The van der Waals surface area contributed by atoms with Gasteiger partial charge in [-0.3, -0.25) is 4.79 Å². The Hall–Kier alpha value is -3.68. The maximum absolute atomic E-state index is 13.7. The predicted molar refractivity (Wildman–Crippen MR) is 104 cm³/mol. The maximum Gasteiger partial charge on any atom is 0.338 e. The van der Waals surface area contributed by atoms with E-state index in [0.717, 1.165) is 11.3 Å². The zero-order valence-corrected chi connectivity index (χ0v) is 16.7. The van der Waals surface area contributed by atoms with Gasteiger partial charge in [0, 0.05) is 0 Å². The van der Waals surface area contributed by atoms with E-state index in [0.29, 0.717) is 17.3 Å². The summed E-state index contributed by atoms with van der Waals surface area (Å²) in [6.45, 7) is 3.25. The number of halogens is 1. The van der Waals surface area contributed by atoms with E-state index < -0.39 is 24.2 Å². The summed E-state index contributed by atoms with van der Waals surface area (Å²) in [6.07, 6.45) is 0. The van der Waals surface area contributed by atoms with Crippen LogP contribution in [0, 0.1) is 19.7 Å². The molecule has 0 unspecified atom stereocenters. The Labute approximate surface area is 172 Å². The highest BCUT2D eigenvalue weighted by atomic mass is 19.1. The van der Waals surface area contributed by atoms with Crippen LogP contribution in [0.25, 0.3) is 0 Å². The molecule has 0 saturated heterocycles. The Kier molecular flexibility index (Phi) is 6.46. The van der Waals surface area contributed by atoms with Gasteiger partial charge in [0.05, 0.1) is 29.5 Å². The normalized spacial score (nSPS) is 10.5. The number of aromatic nitrogens is 1. The van der Waals surface area contributed by atoms with Gasteiger partial charge in [-0.2, -0.15) is 0 Å². The average Bonchev–Trinajstić information content (AvgIpc) is 3.07. The second kappa shape index (κ2) is 9.21. The molecule has 3 rings (SSSR count). The highest BCUT2D eigenvalue weighted by Gasteiger charge is 2.17. The molecule has 0 bridgehead atoms. The highest BCUT2D eigenvalue weighted by molar-refractivity contribution is 5.99. The molecular formula is C22H20FNO6. The highest BCUT2D eigenvalue weighted by Crippen LogP contribution is 2.30. The molecule has 0 saturated carbocycles. The van der Waals surface area contributed by atoms with Crippen molar-refractivity contribution < 1.29 is 32.7 Å². The third-order valence-corrected chi connectivity index (χ3v) is 4.46. The lowest BCUT2D eigenvalue weighted by Crippen LogP contribution is -2.15. The molecule has 2 aromatic carbocycles. The Morgan fingerprint density at radius 2 is 1.87 bits per heavy atom. The molecule has 0 spiro atoms. The second-order valence-electron chi connectivity index (χ2n) is 6.44. The second-order valence-corrected chi connectivity index (χ2v) is 6.44. The Morgan fingerprint density at radius 1 is 1.10 bits per heavy atom. The van der Waals surface area contributed by atoms with Crippen LogP contribution in [0.2, 0.25) is 0 Å². The maximum atomic E-state index is 13.7. The number of hydrogen-bond acceptors (Lipinski definition) is 7. The molecule has 0 fully saturated rings. The van der Waals surface area contributed by atoms with Crippen LogP contribution in [0.1, 0.15) is 37.7 Å². The number of ether oxygens (including phenoxy) is 3. The molecule has 0 atom stereocenters. The van der Waals surface area contributed by atoms with Gasteiger partial charge in [-0.15, -0.1) is 0 Å². The molecule has 1 aromatic heterocycles. The molecule has 1 heterocycles. The fourth-order valence-electron chi connectivity index (χ4n) is 2.75. The van der Waals surface area contributed by atoms with E-state index in [-0.39, 0.29) is 17.7 Å². The Balaban J connectivity index is 1.65. The third-order valence-electron chi connectivity index (χ3n) is 4.46. The molecular weight excluding hydrogens is 393 g/mol. The van der Waals surface area contributed by atoms with Crippen molar-refractivity contribution in [2.45, 2.75) is 20.5 Å². The van der Waals surface area contributed by atoms with Gasteiger partial charge in [-0.1, -0.05) is 17.3 Å². The summed E-state index contributed by atoms with van der Waals surface area (Å²) in [5.41, 5.74) is 1.59. The fraction of sp³-hybridized carbons (Fsp3) is 0.227. The van der Waals surface area contributed by atoms with Crippen molar-refractivity contribution in [3.05, 3.63) is 76.4 Å². The smallest absolute Gasteiger partial charge is 0.338 e. The molecule has 8 heteroatoms. The topological polar surface area (TPSA) is 87.9 Å². The molecule has 0 aliphatic heterocycles. The summed E-state index contributed by atoms with van der Waals surface area (Å²) in [5.74, 6) is -0.651. The van der Waals surface area contributed by atoms with E-state index in [1.54, 1.807) is 13.0 Å². The van der Waals surface area contributed by atoms with Crippen molar-refractivity contribution in [1.29, 1.82) is 0 Å². The van der Waals surface area contributed by atoms with Gasteiger partial charge in [0.25, 0.3) is 0 Å². The summed E-state index contributed by atoms with van der Waals surface area (Å²) in [7, 11) is 1.44. The van der Waals surface area contributed by atoms with Gasteiger partial charge in [0.1, 0.15) is 18.2 Å². The van der Waals surface area contributed by atoms with Crippen molar-refractivity contribution in [2.24, 2.45) is 0 Å². The molecule has 30 heavy (non-hydrogen) atoms. The number of esters is 1. The number of carbonyl (C=O) groups is 2. The Bertz CT molecular complexity index is 1060. The minimum absolute atomic E-state index is 0.133. The number of benzene rings is 2. The number of rotatable bonds is 8. The quantitative estimate of drug-likeness (QED) is 0.406. The first kappa shape index (κ1) is 21.0. The van der Waals surface area contributed by atoms with Crippen LogP contribution in [0.5, 0.6) is 11.5 Å². The fourth-order valence-corrected chi connectivity index (χ4v) is 2.75. The summed E-state index contributed by atoms with van der Waals surface area (Å²) < 4.78 is 34.8. The number of methoxy groups -OCH3 is 1. The first-order chi connectivity index (χ1) is 14.4. The summed E-state index contributed by atoms with van der Waals surface area (Å²) >= 11 is 0. The minimum atomic E-state index is -0.740. The van der Waals surface area contributed by atoms with Gasteiger partial charge < -0.3 is 18.7 Å². The number of hydrogen-bond donors (Lipinski definition) is 0. The zero-order chi connectivity index (χ0) is 21.7. The van der Waals surface area contributed by atoms with Crippen molar-refractivity contribution in [2.75, 3.05) is 13.7 Å². The van der Waals surface area contributed by atoms with E-state index in [9.17, 15) is 14.0 Å². The molecule has 0 aliphatic rings. The minimum Gasteiger partial charge on any atom is -0.493 e. The number of carbonyl (C=O) groups excluding carboxylic acids is 2. The number of nitrogens with zero attached hydrogens (tertiary/aromatic N) is 1. The summed E-state index contributed by atoms with van der Waals surface area (Å²) in [6, 6.07) is 10.00. The average molecular weight is 413 g/mol. The predicted octanol–water partition coefficient (Wildman–Crippen LogP) is 4.06. The molecule has 0 aliphatic carbocycles. The molecule has 0 amide bonds. The van der Waals surface area contributed by atoms with Gasteiger partial charge >= 0.3 is 5.97 Å². The lowest BCUT2D eigenvalue weighted by molar-refractivity contribution is 0.0473. The SMILES string of the molecule is COc1cc(C(=O)OCC(=O)c2ccccc2F)ccc1OCc1c(C)noc1C. The van der Waals surface area contributed by atoms with Crippen LogP contribution in [-0.2, 0) is 11.3 Å². The van der Waals surface area contributed by atoms with Crippen molar-refractivity contribution in [3.63, 3.8) is 0 Å². The number of ketones is 1. The van der Waals surface area contributed by atoms with Crippen LogP contribution in [0.15, 0.2) is 47.0 Å². The van der Waals surface area contributed by atoms with Gasteiger partial charge in [-0.05, 0) is 44.2 Å². The van der Waals surface area contributed by atoms with Crippen LogP contribution in [0.3, 0.4) is 0 Å². The van der Waals surface area contributed by atoms with Crippen LogP contribution >= 0.6 is 0 Å². The van der Waals surface area contributed by atoms with Crippen LogP contribution < -0.4 is 9.47 Å². The molecule has 156 valence electrons. The first-order valence-electron chi connectivity index (χ1n) is 9.08. The standard InChI is InChI=1S/C22H20FNO6/c1-13-17(14(2)30-24-13)11-28-20-9-8-15(10-21(20)27-3)22(26)29-12-19(25)16-6-4-5-7-18(16)23/h4-10H,11-12H2,1-3H3. The number of aryl methyl sites for hydroxylation is 2. The van der Waals surface area contributed by atoms with E-state index in [1.807, 2.05) is 6.92 Å². The van der Waals surface area contributed by atoms with Gasteiger partial charge in [-0.25, -0.2) is 9.18 Å². The molecule has 7 nitrogen and oxygen atoms in total. The zero-order valence-electron chi connectivity index (χ0n) is 16.7. The van der Waals surface area contributed by atoms with Crippen LogP contribution in [-0.4, -0.2) is 30.6 Å². The lowest BCUT2D eigenvalue weighted by Gasteiger charge is -2.12. The molecule has 0 N–H and O–H groups in total. The Morgan fingerprint density at radius 3 is 2.53 bits per heavy atom. The van der Waals surface area contributed by atoms with Crippen LogP contribution in [0.4, 0.5) is 4.39 Å². The van der Waals surface area contributed by atoms with E-state index in [4.69, 9.17) is 18.7 Å². The molecule has 3 aromatic rings. The van der Waals surface area contributed by atoms with Crippen molar-refractivity contribution >= 4 is 11.8 Å². The first-order valence-corrected chi connectivity index (χ1v) is 9.08. The lowest BCUT2D eigenvalue weighted by atomic mass is 10.1. The van der Waals surface area contributed by atoms with E-state index >= 15 is 0 Å². The van der Waals surface area contributed by atoms with E-state index in [2.05, 4.69) is 5.16 Å². The van der Waals surface area contributed by atoms with Crippen molar-refractivity contribution in [3.8, 4) is 11.5 Å². The van der Waals surface area contributed by atoms with E-state index in [1.165, 1.54) is 43.5 Å².